The van der Waals surface area contributed by atoms with E-state index in [4.69, 9.17) is 0 Å². The van der Waals surface area contributed by atoms with Crippen LogP contribution in [0.25, 0.3) is 5.69 Å². The van der Waals surface area contributed by atoms with Crippen molar-refractivity contribution in [3.05, 3.63) is 45.1 Å². The van der Waals surface area contributed by atoms with Crippen LogP contribution in [0.1, 0.15) is 12.5 Å². The number of nitrogens with zero attached hydrogens (tertiary/aromatic N) is 3. The van der Waals surface area contributed by atoms with Crippen LogP contribution in [0.3, 0.4) is 0 Å². The maximum atomic E-state index is 11.6. The molecule has 0 radical (unpaired) electrons. The molecular formula is C10H10N4O3. The number of rotatable bonds is 2. The van der Waals surface area contributed by atoms with Crippen molar-refractivity contribution in [3.63, 3.8) is 0 Å². The highest BCUT2D eigenvalue weighted by atomic mass is 16.3. The number of aromatic nitrogens is 4. The second-order valence-corrected chi connectivity index (χ2v) is 3.35. The Hall–Kier alpha value is -2.44. The van der Waals surface area contributed by atoms with Gasteiger partial charge in [0.05, 0.1) is 23.6 Å². The lowest BCUT2D eigenvalue weighted by molar-refractivity contribution is 0.423. The standard InChI is InChI=1S/C10H10N4O3/c1-2-7-8(15)13-10(17)14(9(7)16)6-3-11-5-12-4-6/h3-5,16H,2H2,1H3,(H,13,15,17). The fourth-order valence-electron chi connectivity index (χ4n) is 1.53. The van der Waals surface area contributed by atoms with Gasteiger partial charge in [0.1, 0.15) is 6.33 Å². The molecule has 0 atom stereocenters. The summed E-state index contributed by atoms with van der Waals surface area (Å²) in [5.41, 5.74) is -0.864. The lowest BCUT2D eigenvalue weighted by atomic mass is 10.2. The summed E-state index contributed by atoms with van der Waals surface area (Å²) in [7, 11) is 0. The summed E-state index contributed by atoms with van der Waals surface area (Å²) in [6, 6.07) is 0. The molecule has 0 saturated carbocycles. The first-order valence-electron chi connectivity index (χ1n) is 4.97. The molecule has 7 heteroatoms. The first-order valence-corrected chi connectivity index (χ1v) is 4.97. The molecule has 17 heavy (non-hydrogen) atoms. The van der Waals surface area contributed by atoms with Gasteiger partial charge in [0.2, 0.25) is 5.88 Å². The lowest BCUT2D eigenvalue weighted by Crippen LogP contribution is -2.31. The highest BCUT2D eigenvalue weighted by molar-refractivity contribution is 5.34. The summed E-state index contributed by atoms with van der Waals surface area (Å²) < 4.78 is 0.959. The number of hydrogen-bond donors (Lipinski definition) is 2. The normalized spacial score (nSPS) is 10.4. The SMILES string of the molecule is CCc1c(O)n(-c2cncnc2)c(=O)[nH]c1=O. The van der Waals surface area contributed by atoms with Gasteiger partial charge in [-0.15, -0.1) is 0 Å². The van der Waals surface area contributed by atoms with Gasteiger partial charge in [0.15, 0.2) is 0 Å². The average molecular weight is 234 g/mol. The van der Waals surface area contributed by atoms with Crippen molar-refractivity contribution in [2.45, 2.75) is 13.3 Å². The predicted octanol–water partition coefficient (Wildman–Crippen LogP) is -0.416. The Morgan fingerprint density at radius 3 is 2.59 bits per heavy atom. The molecule has 2 N–H and O–H groups in total. The second-order valence-electron chi connectivity index (χ2n) is 3.35. The zero-order valence-corrected chi connectivity index (χ0v) is 9.04. The molecule has 0 aliphatic rings. The Kier molecular flexibility index (Phi) is 2.73. The smallest absolute Gasteiger partial charge is 0.335 e. The topological polar surface area (TPSA) is 101 Å². The quantitative estimate of drug-likeness (QED) is 0.735. The Morgan fingerprint density at radius 1 is 1.35 bits per heavy atom. The van der Waals surface area contributed by atoms with Gasteiger partial charge in [-0.1, -0.05) is 6.92 Å². The first-order chi connectivity index (χ1) is 8.15. The second kappa shape index (κ2) is 4.20. The van der Waals surface area contributed by atoms with Crippen LogP contribution in [0, 0.1) is 0 Å². The van der Waals surface area contributed by atoms with Gasteiger partial charge >= 0.3 is 5.69 Å². The van der Waals surface area contributed by atoms with Crippen molar-refractivity contribution in [2.24, 2.45) is 0 Å². The van der Waals surface area contributed by atoms with E-state index in [0.717, 1.165) is 4.57 Å². The fourth-order valence-corrected chi connectivity index (χ4v) is 1.53. The van der Waals surface area contributed by atoms with Crippen LogP contribution in [-0.2, 0) is 6.42 Å². The van der Waals surface area contributed by atoms with Crippen molar-refractivity contribution in [3.8, 4) is 11.6 Å². The lowest BCUT2D eigenvalue weighted by Gasteiger charge is -2.09. The molecule has 2 heterocycles. The number of H-pyrrole nitrogens is 1. The van der Waals surface area contributed by atoms with Gasteiger partial charge in [-0.3, -0.25) is 9.78 Å². The van der Waals surface area contributed by atoms with Crippen LogP contribution < -0.4 is 11.2 Å². The van der Waals surface area contributed by atoms with Gasteiger partial charge in [-0.05, 0) is 6.42 Å². The highest BCUT2D eigenvalue weighted by Crippen LogP contribution is 2.14. The van der Waals surface area contributed by atoms with Gasteiger partial charge in [0.25, 0.3) is 5.56 Å². The number of hydrogen-bond acceptors (Lipinski definition) is 5. The maximum Gasteiger partial charge on any atom is 0.335 e. The minimum Gasteiger partial charge on any atom is -0.494 e. The molecule has 0 unspecified atom stereocenters. The third-order valence-corrected chi connectivity index (χ3v) is 2.34. The third-order valence-electron chi connectivity index (χ3n) is 2.34. The van der Waals surface area contributed by atoms with Gasteiger partial charge in [-0.2, -0.15) is 0 Å². The van der Waals surface area contributed by atoms with E-state index in [9.17, 15) is 14.7 Å². The van der Waals surface area contributed by atoms with Crippen molar-refractivity contribution in [2.75, 3.05) is 0 Å². The number of nitrogens with one attached hydrogen (secondary N) is 1. The minimum atomic E-state index is -0.723. The van der Waals surface area contributed by atoms with Crippen LogP contribution in [0.15, 0.2) is 28.3 Å². The van der Waals surface area contributed by atoms with E-state index in [1.54, 1.807) is 6.92 Å². The fraction of sp³-hybridized carbons (Fsp3) is 0.200. The van der Waals surface area contributed by atoms with Crippen molar-refractivity contribution in [1.82, 2.24) is 19.5 Å². The molecule has 0 aliphatic carbocycles. The summed E-state index contributed by atoms with van der Waals surface area (Å²) >= 11 is 0. The minimum absolute atomic E-state index is 0.147. The molecule has 2 aromatic heterocycles. The van der Waals surface area contributed by atoms with Crippen LogP contribution in [-0.4, -0.2) is 24.6 Å². The molecule has 0 bridgehead atoms. The molecule has 0 amide bonds. The van der Waals surface area contributed by atoms with Crippen LogP contribution in [0.5, 0.6) is 5.88 Å². The Morgan fingerprint density at radius 2 is 2.00 bits per heavy atom. The summed E-state index contributed by atoms with van der Waals surface area (Å²) in [5, 5.41) is 9.89. The zero-order valence-electron chi connectivity index (χ0n) is 9.04. The van der Waals surface area contributed by atoms with Crippen molar-refractivity contribution >= 4 is 0 Å². The summed E-state index contributed by atoms with van der Waals surface area (Å²) in [5.74, 6) is -0.379. The van der Waals surface area contributed by atoms with Gasteiger partial charge in [-0.25, -0.2) is 19.3 Å². The number of aromatic hydroxyl groups is 1. The molecule has 7 nitrogen and oxygen atoms in total. The van der Waals surface area contributed by atoms with Crippen molar-refractivity contribution in [1.29, 1.82) is 0 Å². The van der Waals surface area contributed by atoms with Gasteiger partial charge < -0.3 is 5.11 Å². The molecule has 2 rings (SSSR count). The molecule has 0 saturated heterocycles. The molecule has 0 aromatic carbocycles. The Bertz CT molecular complexity index is 645. The largest absolute Gasteiger partial charge is 0.494 e. The van der Waals surface area contributed by atoms with E-state index >= 15 is 0 Å². The summed E-state index contributed by atoms with van der Waals surface area (Å²) in [4.78, 5) is 32.7. The summed E-state index contributed by atoms with van der Waals surface area (Å²) in [6.45, 7) is 1.71. The maximum absolute atomic E-state index is 11.6. The average Bonchev–Trinajstić information content (AvgIpc) is 2.30. The van der Waals surface area contributed by atoms with Crippen LogP contribution >= 0.6 is 0 Å². The van der Waals surface area contributed by atoms with E-state index < -0.39 is 11.2 Å². The highest BCUT2D eigenvalue weighted by Gasteiger charge is 2.13. The van der Waals surface area contributed by atoms with E-state index in [-0.39, 0.29) is 11.4 Å². The van der Waals surface area contributed by atoms with E-state index in [0.29, 0.717) is 12.1 Å². The van der Waals surface area contributed by atoms with E-state index in [1.807, 2.05) is 0 Å². The molecule has 0 spiro atoms. The molecule has 0 aliphatic heterocycles. The van der Waals surface area contributed by atoms with Crippen molar-refractivity contribution < 1.29 is 5.11 Å². The van der Waals surface area contributed by atoms with Gasteiger partial charge in [0, 0.05) is 0 Å². The Labute approximate surface area is 95.4 Å². The first kappa shape index (κ1) is 11.1. The molecule has 0 fully saturated rings. The third kappa shape index (κ3) is 1.82. The molecule has 2 aromatic rings. The van der Waals surface area contributed by atoms with E-state index in [2.05, 4.69) is 15.0 Å². The van der Waals surface area contributed by atoms with E-state index in [1.165, 1.54) is 18.7 Å². The molecular weight excluding hydrogens is 224 g/mol. The summed E-state index contributed by atoms with van der Waals surface area (Å²) in [6.07, 6.45) is 4.35. The molecule has 88 valence electrons. The Balaban J connectivity index is 2.80. The zero-order chi connectivity index (χ0) is 12.4. The predicted molar refractivity (Wildman–Crippen MR) is 59.3 cm³/mol. The number of aromatic amines is 1. The van der Waals surface area contributed by atoms with Crippen LogP contribution in [0.4, 0.5) is 0 Å². The van der Waals surface area contributed by atoms with Crippen LogP contribution in [0.2, 0.25) is 0 Å². The monoisotopic (exact) mass is 234 g/mol.